The summed E-state index contributed by atoms with van der Waals surface area (Å²) in [5, 5.41) is 0. The van der Waals surface area contributed by atoms with Crippen LogP contribution in [0.25, 0.3) is 0 Å². The molecule has 0 N–H and O–H groups in total. The summed E-state index contributed by atoms with van der Waals surface area (Å²) in [5.41, 5.74) is 0. The summed E-state index contributed by atoms with van der Waals surface area (Å²) in [6, 6.07) is 0. The molecule has 148 valence electrons. The fourth-order valence-corrected chi connectivity index (χ4v) is 3.21. The minimum atomic E-state index is -0.980. The van der Waals surface area contributed by atoms with Crippen molar-refractivity contribution in [3.8, 4) is 0 Å². The predicted octanol–water partition coefficient (Wildman–Crippen LogP) is 5.23. The topological polar surface area (TPSA) is 57.1 Å². The normalized spacial score (nSPS) is 12.8. The Kier molecular flexibility index (Phi) is 16.2. The number of isocyanates is 1. The Morgan fingerprint density at radius 1 is 0.800 bits per heavy atom. The summed E-state index contributed by atoms with van der Waals surface area (Å²) in [5.74, 6) is -0.840. The van der Waals surface area contributed by atoms with Crippen LogP contribution < -0.4 is 0 Å². The summed E-state index contributed by atoms with van der Waals surface area (Å²) in [4.78, 5) is 14.0. The van der Waals surface area contributed by atoms with Gasteiger partial charge in [0, 0.05) is 25.7 Å². The van der Waals surface area contributed by atoms with E-state index in [4.69, 9.17) is 14.2 Å². The lowest BCUT2D eigenvalue weighted by Crippen LogP contribution is -2.47. The zero-order valence-corrected chi connectivity index (χ0v) is 16.8. The molecule has 5 heteroatoms. The van der Waals surface area contributed by atoms with Crippen molar-refractivity contribution >= 4 is 6.08 Å². The molecule has 5 nitrogen and oxygen atoms in total. The second kappa shape index (κ2) is 16.7. The molecule has 0 aliphatic rings. The first-order valence-corrected chi connectivity index (χ1v) is 10.2. The maximum Gasteiger partial charge on any atom is 0.285 e. The van der Waals surface area contributed by atoms with Crippen molar-refractivity contribution in [3.05, 3.63) is 0 Å². The Balaban J connectivity index is 4.83. The SMILES string of the molecule is CCCCCCCC[C@H](CCCN=C=O)C(OCC)(OCC)OCC. The third-order valence-corrected chi connectivity index (χ3v) is 4.33. The van der Waals surface area contributed by atoms with Crippen LogP contribution in [0.3, 0.4) is 0 Å². The average Bonchev–Trinajstić information content (AvgIpc) is 2.60. The molecular weight excluding hydrogens is 318 g/mol. The maximum absolute atomic E-state index is 10.3. The monoisotopic (exact) mass is 357 g/mol. The van der Waals surface area contributed by atoms with Crippen LogP contribution >= 0.6 is 0 Å². The predicted molar refractivity (Wildman–Crippen MR) is 101 cm³/mol. The van der Waals surface area contributed by atoms with E-state index in [1.165, 1.54) is 32.1 Å². The zero-order valence-electron chi connectivity index (χ0n) is 16.8. The first-order valence-electron chi connectivity index (χ1n) is 10.2. The Labute approximate surface area is 154 Å². The van der Waals surface area contributed by atoms with Crippen LogP contribution in [0.1, 0.15) is 85.5 Å². The van der Waals surface area contributed by atoms with Gasteiger partial charge in [-0.25, -0.2) is 9.79 Å². The number of carbonyl (C=O) groups excluding carboxylic acids is 1. The Morgan fingerprint density at radius 3 is 1.84 bits per heavy atom. The lowest BCUT2D eigenvalue weighted by Gasteiger charge is -2.39. The van der Waals surface area contributed by atoms with Gasteiger partial charge in [-0.3, -0.25) is 0 Å². The highest BCUT2D eigenvalue weighted by molar-refractivity contribution is 5.32. The molecule has 0 unspecified atom stereocenters. The van der Waals surface area contributed by atoms with Gasteiger partial charge in [0.25, 0.3) is 5.97 Å². The number of aliphatic imine (C=N–C) groups is 1. The lowest BCUT2D eigenvalue weighted by molar-refractivity contribution is -0.403. The van der Waals surface area contributed by atoms with Gasteiger partial charge in [0.2, 0.25) is 6.08 Å². The number of nitrogens with zero attached hydrogens (tertiary/aromatic N) is 1. The van der Waals surface area contributed by atoms with Gasteiger partial charge in [-0.05, 0) is 40.0 Å². The molecule has 25 heavy (non-hydrogen) atoms. The number of unbranched alkanes of at least 4 members (excludes halogenated alkanes) is 5. The van der Waals surface area contributed by atoms with Crippen LogP contribution in [0.4, 0.5) is 0 Å². The van der Waals surface area contributed by atoms with E-state index < -0.39 is 5.97 Å². The highest BCUT2D eigenvalue weighted by atomic mass is 16.9. The lowest BCUT2D eigenvalue weighted by atomic mass is 9.92. The van der Waals surface area contributed by atoms with Gasteiger partial charge in [-0.15, -0.1) is 0 Å². The highest BCUT2D eigenvalue weighted by Crippen LogP contribution is 2.34. The van der Waals surface area contributed by atoms with Crippen molar-refractivity contribution < 1.29 is 19.0 Å². The molecule has 0 spiro atoms. The third-order valence-electron chi connectivity index (χ3n) is 4.33. The Bertz CT molecular complexity index is 326. The molecule has 0 fully saturated rings. The average molecular weight is 358 g/mol. The molecule has 0 bridgehead atoms. The quantitative estimate of drug-likeness (QED) is 0.146. The zero-order chi connectivity index (χ0) is 18.8. The van der Waals surface area contributed by atoms with Gasteiger partial charge in [0.1, 0.15) is 0 Å². The fraction of sp³-hybridized carbons (Fsp3) is 0.950. The third kappa shape index (κ3) is 10.8. The Hall–Kier alpha value is -0.740. The van der Waals surface area contributed by atoms with E-state index in [9.17, 15) is 4.79 Å². The summed E-state index contributed by atoms with van der Waals surface area (Å²) >= 11 is 0. The molecule has 0 saturated heterocycles. The van der Waals surface area contributed by atoms with Crippen LogP contribution in [0, 0.1) is 5.92 Å². The van der Waals surface area contributed by atoms with Crippen LogP contribution in [0.2, 0.25) is 0 Å². The van der Waals surface area contributed by atoms with Gasteiger partial charge in [0.15, 0.2) is 0 Å². The van der Waals surface area contributed by atoms with E-state index in [-0.39, 0.29) is 5.92 Å². The molecule has 0 rings (SSSR count). The molecule has 0 aromatic carbocycles. The van der Waals surface area contributed by atoms with E-state index in [1.54, 1.807) is 6.08 Å². The van der Waals surface area contributed by atoms with Crippen molar-refractivity contribution in [1.29, 1.82) is 0 Å². The maximum atomic E-state index is 10.3. The van der Waals surface area contributed by atoms with E-state index in [2.05, 4.69) is 11.9 Å². The van der Waals surface area contributed by atoms with Crippen LogP contribution in [0.5, 0.6) is 0 Å². The molecule has 1 atom stereocenters. The fourth-order valence-electron chi connectivity index (χ4n) is 3.21. The van der Waals surface area contributed by atoms with Crippen LogP contribution in [-0.2, 0) is 19.0 Å². The standard InChI is InChI=1S/C20H39NO4/c1-5-9-10-11-12-13-15-19(16-14-17-21-18-22)20(23-6-2,24-7-3)25-8-4/h19H,5-17H2,1-4H3/t19-/m1/s1. The molecule has 0 aliphatic heterocycles. The number of ether oxygens (including phenoxy) is 3. The summed E-state index contributed by atoms with van der Waals surface area (Å²) in [7, 11) is 0. The van der Waals surface area contributed by atoms with E-state index >= 15 is 0 Å². The van der Waals surface area contributed by atoms with Crippen molar-refractivity contribution in [2.75, 3.05) is 26.4 Å². The largest absolute Gasteiger partial charge is 0.328 e. The van der Waals surface area contributed by atoms with Gasteiger partial charge in [0.05, 0.1) is 6.54 Å². The van der Waals surface area contributed by atoms with Crippen LogP contribution in [0.15, 0.2) is 4.99 Å². The minimum absolute atomic E-state index is 0.139. The van der Waals surface area contributed by atoms with Crippen LogP contribution in [-0.4, -0.2) is 38.4 Å². The molecule has 0 aliphatic carbocycles. The second-order valence-corrected chi connectivity index (χ2v) is 6.27. The molecular formula is C20H39NO4. The van der Waals surface area contributed by atoms with Crippen molar-refractivity contribution in [3.63, 3.8) is 0 Å². The summed E-state index contributed by atoms with van der Waals surface area (Å²) < 4.78 is 17.9. The summed E-state index contributed by atoms with van der Waals surface area (Å²) in [6.45, 7) is 10.2. The molecule has 0 heterocycles. The molecule has 0 aromatic rings. The van der Waals surface area contributed by atoms with Gasteiger partial charge < -0.3 is 14.2 Å². The molecule has 0 saturated carbocycles. The smallest absolute Gasteiger partial charge is 0.285 e. The summed E-state index contributed by atoms with van der Waals surface area (Å²) in [6.07, 6.45) is 11.8. The van der Waals surface area contributed by atoms with Gasteiger partial charge in [-0.2, -0.15) is 0 Å². The van der Waals surface area contributed by atoms with Crippen molar-refractivity contribution in [2.45, 2.75) is 91.5 Å². The first-order chi connectivity index (χ1) is 12.2. The highest BCUT2D eigenvalue weighted by Gasteiger charge is 2.41. The van der Waals surface area contributed by atoms with Gasteiger partial charge >= 0.3 is 0 Å². The van der Waals surface area contributed by atoms with E-state index in [0.29, 0.717) is 26.4 Å². The molecule has 0 amide bonds. The van der Waals surface area contributed by atoms with E-state index in [0.717, 1.165) is 25.7 Å². The Morgan fingerprint density at radius 2 is 1.32 bits per heavy atom. The second-order valence-electron chi connectivity index (χ2n) is 6.27. The number of rotatable bonds is 18. The number of hydrogen-bond acceptors (Lipinski definition) is 5. The minimum Gasteiger partial charge on any atom is -0.328 e. The molecule has 0 radical (unpaired) electrons. The van der Waals surface area contributed by atoms with Gasteiger partial charge in [-0.1, -0.05) is 45.4 Å². The molecule has 0 aromatic heterocycles. The van der Waals surface area contributed by atoms with Crippen molar-refractivity contribution in [2.24, 2.45) is 10.9 Å². The number of hydrogen-bond donors (Lipinski definition) is 0. The van der Waals surface area contributed by atoms with Crippen molar-refractivity contribution in [1.82, 2.24) is 0 Å². The van der Waals surface area contributed by atoms with E-state index in [1.807, 2.05) is 20.8 Å². The first kappa shape index (κ1) is 24.3.